The van der Waals surface area contributed by atoms with Gasteiger partial charge in [0.1, 0.15) is 0 Å². The quantitative estimate of drug-likeness (QED) is 0.599. The van der Waals surface area contributed by atoms with Crippen LogP contribution < -0.4 is 16.6 Å². The minimum absolute atomic E-state index is 0.0590. The van der Waals surface area contributed by atoms with E-state index in [9.17, 15) is 4.79 Å². The Bertz CT molecular complexity index is 666. The van der Waals surface area contributed by atoms with E-state index in [0.717, 1.165) is 26.8 Å². The van der Waals surface area contributed by atoms with Crippen molar-refractivity contribution < 1.29 is 4.79 Å². The molecule has 4 N–H and O–H groups in total. The summed E-state index contributed by atoms with van der Waals surface area (Å²) in [6, 6.07) is 5.32. The van der Waals surface area contributed by atoms with E-state index in [2.05, 4.69) is 15.7 Å². The SMILES string of the molecule is Cc1nc(C)c(C(C)NC(=O)c2ccc(NN)c(C)c2)s1. The summed E-state index contributed by atoms with van der Waals surface area (Å²) >= 11 is 1.62. The molecule has 1 heterocycles. The predicted molar refractivity (Wildman–Crippen MR) is 86.5 cm³/mol. The molecule has 0 saturated heterocycles. The smallest absolute Gasteiger partial charge is 0.251 e. The average molecular weight is 304 g/mol. The average Bonchev–Trinajstić information content (AvgIpc) is 2.77. The lowest BCUT2D eigenvalue weighted by atomic mass is 10.1. The highest BCUT2D eigenvalue weighted by Gasteiger charge is 2.16. The van der Waals surface area contributed by atoms with E-state index in [1.54, 1.807) is 23.5 Å². The number of amides is 1. The van der Waals surface area contributed by atoms with Gasteiger partial charge in [-0.2, -0.15) is 0 Å². The van der Waals surface area contributed by atoms with Crippen molar-refractivity contribution >= 4 is 22.9 Å². The first-order chi connectivity index (χ1) is 9.92. The van der Waals surface area contributed by atoms with Crippen molar-refractivity contribution in [1.82, 2.24) is 10.3 Å². The molecule has 5 nitrogen and oxygen atoms in total. The molecule has 0 spiro atoms. The number of aryl methyl sites for hydroxylation is 3. The summed E-state index contributed by atoms with van der Waals surface area (Å²) in [5.41, 5.74) is 5.94. The number of hydrazine groups is 1. The van der Waals surface area contributed by atoms with Gasteiger partial charge in [0, 0.05) is 10.4 Å². The number of thiazole rings is 1. The molecule has 1 amide bonds. The Balaban J connectivity index is 2.14. The third-order valence-electron chi connectivity index (χ3n) is 3.32. The summed E-state index contributed by atoms with van der Waals surface area (Å²) < 4.78 is 0. The molecule has 6 heteroatoms. The number of nitrogens with one attached hydrogen (secondary N) is 2. The number of hydrogen-bond acceptors (Lipinski definition) is 5. The Kier molecular flexibility index (Phi) is 4.59. The van der Waals surface area contributed by atoms with Gasteiger partial charge in [0.05, 0.1) is 22.4 Å². The lowest BCUT2D eigenvalue weighted by molar-refractivity contribution is 0.0940. The standard InChI is InChI=1S/C15H20N4OS/c1-8-7-12(5-6-13(8)19-16)15(20)18-10(3)14-9(2)17-11(4)21-14/h5-7,10,19H,16H2,1-4H3,(H,18,20). The first-order valence-electron chi connectivity index (χ1n) is 6.74. The van der Waals surface area contributed by atoms with Crippen molar-refractivity contribution in [2.75, 3.05) is 5.43 Å². The molecule has 2 rings (SSSR count). The Hall–Kier alpha value is -1.92. The highest BCUT2D eigenvalue weighted by atomic mass is 32.1. The van der Waals surface area contributed by atoms with Crippen molar-refractivity contribution in [3.63, 3.8) is 0 Å². The molecule has 0 aliphatic heterocycles. The summed E-state index contributed by atoms with van der Waals surface area (Å²) in [6.07, 6.45) is 0. The molecule has 1 aromatic carbocycles. The van der Waals surface area contributed by atoms with Crippen LogP contribution in [-0.4, -0.2) is 10.9 Å². The van der Waals surface area contributed by atoms with Crippen LogP contribution >= 0.6 is 11.3 Å². The minimum atomic E-state index is -0.0976. The zero-order valence-electron chi connectivity index (χ0n) is 12.7. The van der Waals surface area contributed by atoms with Crippen LogP contribution in [-0.2, 0) is 0 Å². The fourth-order valence-electron chi connectivity index (χ4n) is 2.26. The summed E-state index contributed by atoms with van der Waals surface area (Å²) in [5, 5.41) is 4.02. The van der Waals surface area contributed by atoms with Gasteiger partial charge >= 0.3 is 0 Å². The molecule has 21 heavy (non-hydrogen) atoms. The molecule has 0 aliphatic carbocycles. The van der Waals surface area contributed by atoms with Crippen LogP contribution in [0.3, 0.4) is 0 Å². The Labute approximate surface area is 128 Å². The topological polar surface area (TPSA) is 80.0 Å². The van der Waals surface area contributed by atoms with Gasteiger partial charge in [-0.05, 0) is 51.5 Å². The largest absolute Gasteiger partial charge is 0.345 e. The number of carbonyl (C=O) groups is 1. The summed E-state index contributed by atoms with van der Waals surface area (Å²) in [6.45, 7) is 7.82. The molecule has 0 aliphatic rings. The molecule has 1 unspecified atom stereocenters. The lowest BCUT2D eigenvalue weighted by Crippen LogP contribution is -2.26. The number of nitrogen functional groups attached to an aromatic ring is 1. The molecule has 0 radical (unpaired) electrons. The van der Waals surface area contributed by atoms with E-state index in [1.165, 1.54) is 0 Å². The highest BCUT2D eigenvalue weighted by molar-refractivity contribution is 7.11. The van der Waals surface area contributed by atoms with E-state index in [0.29, 0.717) is 5.56 Å². The van der Waals surface area contributed by atoms with Gasteiger partial charge < -0.3 is 10.7 Å². The third-order valence-corrected chi connectivity index (χ3v) is 4.58. The number of anilines is 1. The second-order valence-corrected chi connectivity index (χ2v) is 6.29. The van der Waals surface area contributed by atoms with Crippen LogP contribution in [0.25, 0.3) is 0 Å². The molecule has 2 aromatic rings. The van der Waals surface area contributed by atoms with Crippen LogP contribution in [0, 0.1) is 20.8 Å². The molecule has 1 atom stereocenters. The van der Waals surface area contributed by atoms with Gasteiger partial charge in [-0.15, -0.1) is 11.3 Å². The van der Waals surface area contributed by atoms with Gasteiger partial charge in [-0.25, -0.2) is 4.98 Å². The van der Waals surface area contributed by atoms with Crippen LogP contribution in [0.1, 0.15) is 44.5 Å². The van der Waals surface area contributed by atoms with Gasteiger partial charge in [0.15, 0.2) is 0 Å². The lowest BCUT2D eigenvalue weighted by Gasteiger charge is -2.14. The minimum Gasteiger partial charge on any atom is -0.345 e. The number of benzene rings is 1. The maximum absolute atomic E-state index is 12.3. The zero-order valence-corrected chi connectivity index (χ0v) is 13.5. The molecule has 1 aromatic heterocycles. The second-order valence-electron chi connectivity index (χ2n) is 5.05. The van der Waals surface area contributed by atoms with Crippen LogP contribution in [0.4, 0.5) is 5.69 Å². The van der Waals surface area contributed by atoms with Crippen LogP contribution in [0.2, 0.25) is 0 Å². The predicted octanol–water partition coefficient (Wildman–Crippen LogP) is 2.84. The highest BCUT2D eigenvalue weighted by Crippen LogP contribution is 2.25. The van der Waals surface area contributed by atoms with Crippen molar-refractivity contribution in [1.29, 1.82) is 0 Å². The molecule has 0 bridgehead atoms. The second kappa shape index (κ2) is 6.24. The fourth-order valence-corrected chi connectivity index (χ4v) is 3.19. The van der Waals surface area contributed by atoms with Crippen LogP contribution in [0.15, 0.2) is 18.2 Å². The van der Waals surface area contributed by atoms with E-state index in [-0.39, 0.29) is 11.9 Å². The first-order valence-corrected chi connectivity index (χ1v) is 7.56. The number of nitrogens with zero attached hydrogens (tertiary/aromatic N) is 1. The Morgan fingerprint density at radius 3 is 2.57 bits per heavy atom. The van der Waals surface area contributed by atoms with Gasteiger partial charge in [-0.1, -0.05) is 0 Å². The maximum Gasteiger partial charge on any atom is 0.251 e. The monoisotopic (exact) mass is 304 g/mol. The molecule has 0 saturated carbocycles. The fraction of sp³-hybridized carbons (Fsp3) is 0.333. The normalized spacial score (nSPS) is 12.0. The molecular weight excluding hydrogens is 284 g/mol. The molecular formula is C15H20N4OS. The maximum atomic E-state index is 12.3. The van der Waals surface area contributed by atoms with Crippen LogP contribution in [0.5, 0.6) is 0 Å². The first kappa shape index (κ1) is 15.5. The van der Waals surface area contributed by atoms with E-state index >= 15 is 0 Å². The van der Waals surface area contributed by atoms with Crippen molar-refractivity contribution in [3.05, 3.63) is 44.9 Å². The van der Waals surface area contributed by atoms with Gasteiger partial charge in [0.2, 0.25) is 0 Å². The number of nitrogens with two attached hydrogens (primary N) is 1. The van der Waals surface area contributed by atoms with Crippen molar-refractivity contribution in [2.24, 2.45) is 5.84 Å². The van der Waals surface area contributed by atoms with Gasteiger partial charge in [-0.3, -0.25) is 10.6 Å². The number of carbonyl (C=O) groups excluding carboxylic acids is 1. The molecule has 112 valence electrons. The van der Waals surface area contributed by atoms with E-state index < -0.39 is 0 Å². The molecule has 0 fully saturated rings. The van der Waals surface area contributed by atoms with Gasteiger partial charge in [0.25, 0.3) is 5.91 Å². The number of hydrogen-bond donors (Lipinski definition) is 3. The summed E-state index contributed by atoms with van der Waals surface area (Å²) in [4.78, 5) is 17.8. The number of rotatable bonds is 4. The van der Waals surface area contributed by atoms with Crippen molar-refractivity contribution in [2.45, 2.75) is 33.7 Å². The van der Waals surface area contributed by atoms with E-state index in [1.807, 2.05) is 33.8 Å². The summed E-state index contributed by atoms with van der Waals surface area (Å²) in [7, 11) is 0. The van der Waals surface area contributed by atoms with Crippen molar-refractivity contribution in [3.8, 4) is 0 Å². The van der Waals surface area contributed by atoms with E-state index in [4.69, 9.17) is 5.84 Å². The summed E-state index contributed by atoms with van der Waals surface area (Å²) in [5.74, 6) is 5.30. The Morgan fingerprint density at radius 2 is 2.05 bits per heavy atom. The Morgan fingerprint density at radius 1 is 1.33 bits per heavy atom. The zero-order chi connectivity index (χ0) is 15.6. The third kappa shape index (κ3) is 3.40. The number of aromatic nitrogens is 1.